The van der Waals surface area contributed by atoms with E-state index in [1.165, 1.54) is 11.3 Å². The molecule has 0 unspecified atom stereocenters. The van der Waals surface area contributed by atoms with Gasteiger partial charge < -0.3 is 9.26 Å². The van der Waals surface area contributed by atoms with Gasteiger partial charge in [-0.05, 0) is 23.5 Å². The second-order valence-electron chi connectivity index (χ2n) is 6.74. The molecule has 3 heterocycles. The molecule has 0 aliphatic heterocycles. The number of aryl methyl sites for hydroxylation is 1. The minimum Gasteiger partial charge on any atom is -0.430 e. The third-order valence-electron chi connectivity index (χ3n) is 3.62. The zero-order valence-corrected chi connectivity index (χ0v) is 15.2. The lowest BCUT2D eigenvalue weighted by Crippen LogP contribution is -2.11. The van der Waals surface area contributed by atoms with Crippen LogP contribution in [0.3, 0.4) is 0 Å². The van der Waals surface area contributed by atoms with Gasteiger partial charge >= 0.3 is 0 Å². The van der Waals surface area contributed by atoms with Crippen molar-refractivity contribution in [1.82, 2.24) is 24.7 Å². The van der Waals surface area contributed by atoms with E-state index in [4.69, 9.17) is 9.26 Å². The van der Waals surface area contributed by atoms with Crippen LogP contribution >= 0.6 is 11.3 Å². The van der Waals surface area contributed by atoms with Crippen molar-refractivity contribution in [2.75, 3.05) is 0 Å². The summed E-state index contributed by atoms with van der Waals surface area (Å²) in [6, 6.07) is 7.50. The number of ether oxygens (including phenoxy) is 1. The second kappa shape index (κ2) is 5.66. The van der Waals surface area contributed by atoms with Gasteiger partial charge in [-0.25, -0.2) is 9.50 Å². The van der Waals surface area contributed by atoms with Gasteiger partial charge in [-0.15, -0.1) is 5.10 Å². The largest absolute Gasteiger partial charge is 0.430 e. The standard InChI is InChI=1S/C17H17N5O2S/c1-10-18-14(21-24-10)11-6-5-7-12(8-11)23-16-20-22-9-13(17(2,3)4)19-15(22)25-16/h5-9H,1-4H3. The molecule has 4 aromatic rings. The Morgan fingerprint density at radius 2 is 2.04 bits per heavy atom. The van der Waals surface area contributed by atoms with Crippen LogP contribution in [0.4, 0.5) is 0 Å². The first-order valence-electron chi connectivity index (χ1n) is 7.84. The molecule has 0 saturated carbocycles. The maximum atomic E-state index is 5.88. The minimum atomic E-state index is -0.00844. The van der Waals surface area contributed by atoms with Crippen LogP contribution in [-0.4, -0.2) is 24.7 Å². The summed E-state index contributed by atoms with van der Waals surface area (Å²) in [5.74, 6) is 1.72. The maximum Gasteiger partial charge on any atom is 0.299 e. The number of hydrogen-bond acceptors (Lipinski definition) is 7. The third kappa shape index (κ3) is 3.12. The van der Waals surface area contributed by atoms with Crippen molar-refractivity contribution in [2.45, 2.75) is 33.1 Å². The molecule has 1 aromatic carbocycles. The van der Waals surface area contributed by atoms with E-state index < -0.39 is 0 Å². The molecule has 25 heavy (non-hydrogen) atoms. The Kier molecular flexibility index (Phi) is 3.57. The molecule has 0 saturated heterocycles. The van der Waals surface area contributed by atoms with Crippen molar-refractivity contribution >= 4 is 16.3 Å². The first-order valence-corrected chi connectivity index (χ1v) is 8.65. The molecule has 0 fully saturated rings. The van der Waals surface area contributed by atoms with Crippen LogP contribution in [0.2, 0.25) is 0 Å². The van der Waals surface area contributed by atoms with E-state index in [2.05, 4.69) is 41.0 Å². The van der Waals surface area contributed by atoms with Gasteiger partial charge in [0.25, 0.3) is 5.19 Å². The number of aromatic nitrogens is 5. The van der Waals surface area contributed by atoms with Crippen LogP contribution in [-0.2, 0) is 5.41 Å². The summed E-state index contributed by atoms with van der Waals surface area (Å²) in [5.41, 5.74) is 1.82. The molecule has 0 N–H and O–H groups in total. The summed E-state index contributed by atoms with van der Waals surface area (Å²) >= 11 is 1.40. The van der Waals surface area contributed by atoms with Gasteiger partial charge in [-0.2, -0.15) is 4.98 Å². The van der Waals surface area contributed by atoms with E-state index in [1.807, 2.05) is 30.5 Å². The molecule has 0 amide bonds. The molecule has 4 rings (SSSR count). The smallest absolute Gasteiger partial charge is 0.299 e. The van der Waals surface area contributed by atoms with Crippen molar-refractivity contribution in [3.8, 4) is 22.3 Å². The monoisotopic (exact) mass is 355 g/mol. The van der Waals surface area contributed by atoms with Gasteiger partial charge in [-0.3, -0.25) is 0 Å². The highest BCUT2D eigenvalue weighted by Crippen LogP contribution is 2.31. The molecule has 8 heteroatoms. The Labute approximate surface area is 148 Å². The average Bonchev–Trinajstić information content (AvgIpc) is 3.21. The Bertz CT molecular complexity index is 1010. The first kappa shape index (κ1) is 15.8. The number of rotatable bonds is 3. The summed E-state index contributed by atoms with van der Waals surface area (Å²) in [4.78, 5) is 9.66. The zero-order valence-electron chi connectivity index (χ0n) is 14.3. The van der Waals surface area contributed by atoms with Gasteiger partial charge in [-0.1, -0.05) is 38.1 Å². The number of benzene rings is 1. The van der Waals surface area contributed by atoms with Crippen LogP contribution in [0.1, 0.15) is 32.4 Å². The predicted octanol–water partition coefficient (Wildman–Crippen LogP) is 4.24. The fourth-order valence-electron chi connectivity index (χ4n) is 2.30. The fraction of sp³-hybridized carbons (Fsp3) is 0.294. The Morgan fingerprint density at radius 1 is 1.20 bits per heavy atom. The molecule has 0 spiro atoms. The average molecular weight is 355 g/mol. The van der Waals surface area contributed by atoms with Crippen molar-refractivity contribution in [3.63, 3.8) is 0 Å². The Balaban J connectivity index is 1.60. The summed E-state index contributed by atoms with van der Waals surface area (Å²) < 4.78 is 12.7. The van der Waals surface area contributed by atoms with E-state index in [0.29, 0.717) is 22.7 Å². The summed E-state index contributed by atoms with van der Waals surface area (Å²) in [6.07, 6.45) is 1.94. The van der Waals surface area contributed by atoms with Crippen molar-refractivity contribution in [3.05, 3.63) is 42.0 Å². The minimum absolute atomic E-state index is 0.00844. The van der Waals surface area contributed by atoms with Gasteiger partial charge in [0.05, 0.1) is 11.9 Å². The highest BCUT2D eigenvalue weighted by Gasteiger charge is 2.20. The van der Waals surface area contributed by atoms with Crippen molar-refractivity contribution in [1.29, 1.82) is 0 Å². The number of hydrogen-bond donors (Lipinski definition) is 0. The SMILES string of the molecule is Cc1nc(-c2cccc(Oc3nn4cc(C(C)(C)C)nc4s3)c2)no1. The Hall–Kier alpha value is -2.74. The van der Waals surface area contributed by atoms with Gasteiger partial charge in [0.15, 0.2) is 0 Å². The van der Waals surface area contributed by atoms with Crippen LogP contribution in [0, 0.1) is 6.92 Å². The van der Waals surface area contributed by atoms with Crippen molar-refractivity contribution in [2.24, 2.45) is 0 Å². The van der Waals surface area contributed by atoms with Gasteiger partial charge in [0, 0.05) is 17.9 Å². The van der Waals surface area contributed by atoms with Gasteiger partial charge in [0.1, 0.15) is 5.75 Å². The quantitative estimate of drug-likeness (QED) is 0.547. The lowest BCUT2D eigenvalue weighted by atomic mass is 9.93. The fourth-order valence-corrected chi connectivity index (χ4v) is 3.05. The third-order valence-corrected chi connectivity index (χ3v) is 4.42. The summed E-state index contributed by atoms with van der Waals surface area (Å²) in [7, 11) is 0. The molecular formula is C17H17N5O2S. The van der Waals surface area contributed by atoms with E-state index in [0.717, 1.165) is 16.2 Å². The van der Waals surface area contributed by atoms with E-state index in [1.54, 1.807) is 11.4 Å². The first-order chi connectivity index (χ1) is 11.9. The van der Waals surface area contributed by atoms with Crippen LogP contribution in [0.25, 0.3) is 16.3 Å². The van der Waals surface area contributed by atoms with Crippen LogP contribution in [0.15, 0.2) is 35.0 Å². The maximum absolute atomic E-state index is 5.88. The highest BCUT2D eigenvalue weighted by atomic mass is 32.1. The molecular weight excluding hydrogens is 338 g/mol. The normalized spacial score (nSPS) is 12.0. The second-order valence-corrected chi connectivity index (χ2v) is 7.66. The lowest BCUT2D eigenvalue weighted by molar-refractivity contribution is 0.394. The van der Waals surface area contributed by atoms with E-state index in [-0.39, 0.29) is 5.41 Å². The molecule has 0 radical (unpaired) electrons. The van der Waals surface area contributed by atoms with E-state index >= 15 is 0 Å². The number of nitrogens with zero attached hydrogens (tertiary/aromatic N) is 5. The highest BCUT2D eigenvalue weighted by molar-refractivity contribution is 7.18. The topological polar surface area (TPSA) is 78.3 Å². The number of fused-ring (bicyclic) bond motifs is 1. The van der Waals surface area contributed by atoms with E-state index in [9.17, 15) is 0 Å². The predicted molar refractivity (Wildman–Crippen MR) is 94.1 cm³/mol. The molecule has 0 aliphatic rings. The molecule has 0 aliphatic carbocycles. The van der Waals surface area contributed by atoms with Crippen LogP contribution in [0.5, 0.6) is 10.9 Å². The van der Waals surface area contributed by atoms with Crippen molar-refractivity contribution < 1.29 is 9.26 Å². The molecule has 0 bridgehead atoms. The van der Waals surface area contributed by atoms with Gasteiger partial charge in [0.2, 0.25) is 16.7 Å². The molecule has 3 aromatic heterocycles. The molecule has 128 valence electrons. The summed E-state index contributed by atoms with van der Waals surface area (Å²) in [6.45, 7) is 8.14. The number of imidazole rings is 1. The Morgan fingerprint density at radius 3 is 2.72 bits per heavy atom. The summed E-state index contributed by atoms with van der Waals surface area (Å²) in [5, 5.41) is 8.91. The zero-order chi connectivity index (χ0) is 17.6. The molecule has 7 nitrogen and oxygen atoms in total. The lowest BCUT2D eigenvalue weighted by Gasteiger charge is -2.13. The molecule has 0 atom stereocenters. The van der Waals surface area contributed by atoms with Crippen LogP contribution < -0.4 is 4.74 Å².